The lowest BCUT2D eigenvalue weighted by molar-refractivity contribution is 0.583. The Morgan fingerprint density at radius 2 is 1.47 bits per heavy atom. The number of nitrogens with two attached hydrogens (primary N) is 1. The fourth-order valence-electron chi connectivity index (χ4n) is 1.83. The van der Waals surface area contributed by atoms with Gasteiger partial charge in [0.25, 0.3) is 0 Å². The second kappa shape index (κ2) is 19.6. The smallest absolute Gasteiger partial charge is 0.0312 e. The van der Waals surface area contributed by atoms with E-state index in [1.54, 1.807) is 0 Å². The van der Waals surface area contributed by atoms with Gasteiger partial charge < -0.3 is 10.7 Å². The average molecular weight is 271 g/mol. The van der Waals surface area contributed by atoms with Crippen LogP contribution in [0.5, 0.6) is 0 Å². The molecule has 4 N–H and O–H groups in total. The summed E-state index contributed by atoms with van der Waals surface area (Å²) in [6.07, 6.45) is 13.5. The van der Waals surface area contributed by atoms with Gasteiger partial charge in [-0.3, -0.25) is 5.84 Å². The first-order chi connectivity index (χ1) is 9.35. The summed E-state index contributed by atoms with van der Waals surface area (Å²) in [4.78, 5) is 0. The van der Waals surface area contributed by atoms with Crippen molar-refractivity contribution in [3.8, 4) is 0 Å². The monoisotopic (exact) mass is 271 g/mol. The topological polar surface area (TPSA) is 50.1 Å². The predicted octanol–water partition coefficient (Wildman–Crippen LogP) is 4.46. The van der Waals surface area contributed by atoms with Gasteiger partial charge in [0.15, 0.2) is 0 Å². The zero-order valence-electron chi connectivity index (χ0n) is 13.7. The fourth-order valence-corrected chi connectivity index (χ4v) is 1.83. The summed E-state index contributed by atoms with van der Waals surface area (Å²) < 4.78 is 0. The van der Waals surface area contributed by atoms with Crippen LogP contribution in [0.2, 0.25) is 0 Å². The van der Waals surface area contributed by atoms with E-state index >= 15 is 0 Å². The summed E-state index contributed by atoms with van der Waals surface area (Å²) in [5.74, 6) is 5.32. The first-order valence-corrected chi connectivity index (χ1v) is 8.24. The quantitative estimate of drug-likeness (QED) is 0.279. The van der Waals surface area contributed by atoms with Crippen molar-refractivity contribution in [3.05, 3.63) is 11.9 Å². The van der Waals surface area contributed by atoms with Crippen LogP contribution in [0.15, 0.2) is 11.9 Å². The molecule has 3 nitrogen and oxygen atoms in total. The van der Waals surface area contributed by atoms with Crippen LogP contribution in [0, 0.1) is 0 Å². The van der Waals surface area contributed by atoms with Gasteiger partial charge in [0.05, 0.1) is 0 Å². The predicted molar refractivity (Wildman–Crippen MR) is 87.7 cm³/mol. The maximum Gasteiger partial charge on any atom is 0.0312 e. The van der Waals surface area contributed by atoms with E-state index in [0.717, 1.165) is 13.0 Å². The van der Waals surface area contributed by atoms with E-state index in [4.69, 9.17) is 5.84 Å². The number of hydrogen-bond acceptors (Lipinski definition) is 3. The highest BCUT2D eigenvalue weighted by Gasteiger charge is 1.96. The Bertz CT molecular complexity index is 179. The van der Waals surface area contributed by atoms with Gasteiger partial charge in [0.2, 0.25) is 0 Å². The molecule has 0 heterocycles. The number of rotatable bonds is 12. The molecule has 0 aromatic rings. The normalized spacial score (nSPS) is 10.7. The molecule has 0 aliphatic heterocycles. The Hall–Kier alpha value is -0.700. The van der Waals surface area contributed by atoms with Crippen molar-refractivity contribution >= 4 is 0 Å². The van der Waals surface area contributed by atoms with Gasteiger partial charge in [-0.1, -0.05) is 66.2 Å². The largest absolute Gasteiger partial charge is 0.387 e. The van der Waals surface area contributed by atoms with Crippen molar-refractivity contribution in [2.45, 2.75) is 85.5 Å². The van der Waals surface area contributed by atoms with Gasteiger partial charge in [0, 0.05) is 18.4 Å². The van der Waals surface area contributed by atoms with Gasteiger partial charge in [0.1, 0.15) is 0 Å². The molecule has 0 amide bonds. The van der Waals surface area contributed by atoms with Crippen LogP contribution in [-0.4, -0.2) is 6.54 Å². The van der Waals surface area contributed by atoms with Gasteiger partial charge in [-0.25, -0.2) is 0 Å². The van der Waals surface area contributed by atoms with Crippen molar-refractivity contribution in [2.75, 3.05) is 6.54 Å². The number of allylic oxidation sites excluding steroid dienone is 1. The minimum Gasteiger partial charge on any atom is -0.387 e. The Kier molecular flexibility index (Phi) is 21.3. The van der Waals surface area contributed by atoms with Crippen LogP contribution in [-0.2, 0) is 0 Å². The molecule has 116 valence electrons. The lowest BCUT2D eigenvalue weighted by Crippen LogP contribution is -2.21. The third-order valence-electron chi connectivity index (χ3n) is 2.94. The van der Waals surface area contributed by atoms with Crippen LogP contribution in [0.4, 0.5) is 0 Å². The van der Waals surface area contributed by atoms with Crippen LogP contribution < -0.4 is 16.6 Å². The van der Waals surface area contributed by atoms with Crippen LogP contribution in [0.25, 0.3) is 0 Å². The maximum absolute atomic E-state index is 5.32. The molecule has 3 heteroatoms. The Balaban J connectivity index is 0. The Labute approximate surface area is 121 Å². The standard InChI is InChI=1S/C14H31N3.C2H6/c1-3-5-7-8-9-10-12-16-14(13-17-15)11-6-4-2;1-2/h13,16-17H,3-12,15H2,1-2H3;1-2H3/b14-13-;. The van der Waals surface area contributed by atoms with E-state index in [1.807, 2.05) is 20.0 Å². The zero-order chi connectivity index (χ0) is 14.8. The molecule has 0 unspecified atom stereocenters. The number of hydrogen-bond donors (Lipinski definition) is 3. The lowest BCUT2D eigenvalue weighted by atomic mass is 10.1. The molecule has 0 atom stereocenters. The minimum absolute atomic E-state index is 1.07. The van der Waals surface area contributed by atoms with E-state index < -0.39 is 0 Å². The van der Waals surface area contributed by atoms with E-state index in [0.29, 0.717) is 0 Å². The van der Waals surface area contributed by atoms with Crippen LogP contribution >= 0.6 is 0 Å². The average Bonchev–Trinajstić information content (AvgIpc) is 2.45. The SMILES string of the molecule is CC.CCCCCCCCN/C(=C\NN)CCCC. The van der Waals surface area contributed by atoms with Gasteiger partial charge in [-0.15, -0.1) is 0 Å². The third kappa shape index (κ3) is 17.3. The summed E-state index contributed by atoms with van der Waals surface area (Å²) in [6, 6.07) is 0. The maximum atomic E-state index is 5.32. The highest BCUT2D eigenvalue weighted by molar-refractivity contribution is 4.97. The summed E-state index contributed by atoms with van der Waals surface area (Å²) >= 11 is 0. The van der Waals surface area contributed by atoms with E-state index in [2.05, 4.69) is 24.6 Å². The summed E-state index contributed by atoms with van der Waals surface area (Å²) in [6.45, 7) is 9.54. The first kappa shape index (κ1) is 20.6. The van der Waals surface area contributed by atoms with Gasteiger partial charge in [-0.2, -0.15) is 0 Å². The van der Waals surface area contributed by atoms with E-state index in [-0.39, 0.29) is 0 Å². The van der Waals surface area contributed by atoms with Gasteiger partial charge >= 0.3 is 0 Å². The molecular formula is C16H37N3. The van der Waals surface area contributed by atoms with Crippen molar-refractivity contribution in [1.29, 1.82) is 0 Å². The molecule has 19 heavy (non-hydrogen) atoms. The van der Waals surface area contributed by atoms with E-state index in [1.165, 1.54) is 57.1 Å². The number of unbranched alkanes of at least 4 members (excludes halogenated alkanes) is 6. The third-order valence-corrected chi connectivity index (χ3v) is 2.94. The molecule has 0 rings (SSSR count). The van der Waals surface area contributed by atoms with Crippen molar-refractivity contribution in [1.82, 2.24) is 10.7 Å². The molecule has 0 aliphatic carbocycles. The summed E-state index contributed by atoms with van der Waals surface area (Å²) in [7, 11) is 0. The van der Waals surface area contributed by atoms with Crippen molar-refractivity contribution < 1.29 is 0 Å². The summed E-state index contributed by atoms with van der Waals surface area (Å²) in [5, 5.41) is 3.46. The molecule has 0 bridgehead atoms. The van der Waals surface area contributed by atoms with Gasteiger partial charge in [-0.05, 0) is 19.3 Å². The molecule has 0 saturated heterocycles. The molecule has 0 aromatic carbocycles. The first-order valence-electron chi connectivity index (χ1n) is 8.24. The molecule has 0 aliphatic rings. The molecule has 0 radical (unpaired) electrons. The minimum atomic E-state index is 1.07. The Morgan fingerprint density at radius 3 is 2.05 bits per heavy atom. The van der Waals surface area contributed by atoms with Crippen LogP contribution in [0.1, 0.15) is 85.5 Å². The highest BCUT2D eigenvalue weighted by Crippen LogP contribution is 2.06. The van der Waals surface area contributed by atoms with Crippen molar-refractivity contribution in [3.63, 3.8) is 0 Å². The van der Waals surface area contributed by atoms with Crippen molar-refractivity contribution in [2.24, 2.45) is 5.84 Å². The highest BCUT2D eigenvalue weighted by atomic mass is 15.2. The lowest BCUT2D eigenvalue weighted by Gasteiger charge is -2.10. The zero-order valence-corrected chi connectivity index (χ0v) is 13.7. The fraction of sp³-hybridized carbons (Fsp3) is 0.875. The Morgan fingerprint density at radius 1 is 0.895 bits per heavy atom. The van der Waals surface area contributed by atoms with Crippen LogP contribution in [0.3, 0.4) is 0 Å². The summed E-state index contributed by atoms with van der Waals surface area (Å²) in [5.41, 5.74) is 3.86. The van der Waals surface area contributed by atoms with E-state index in [9.17, 15) is 0 Å². The molecular weight excluding hydrogens is 234 g/mol. The molecule has 0 aromatic heterocycles. The molecule has 0 fully saturated rings. The molecule has 0 spiro atoms. The number of nitrogens with one attached hydrogen (secondary N) is 2. The second-order valence-corrected chi connectivity index (χ2v) is 4.63. The second-order valence-electron chi connectivity index (χ2n) is 4.63. The number of hydrazine groups is 1. The molecule has 0 saturated carbocycles.